The number of hydrogen-bond donors (Lipinski definition) is 0. The number of fused-ring (bicyclic) bond motifs is 4. The average Bonchev–Trinajstić information content (AvgIpc) is 3.86. The van der Waals surface area contributed by atoms with Crippen molar-refractivity contribution in [2.45, 2.75) is 20.3 Å². The zero-order valence-corrected chi connectivity index (χ0v) is 33.8. The zero-order valence-electron chi connectivity index (χ0n) is 33.8. The molecule has 0 saturated heterocycles. The maximum absolute atomic E-state index is 4.36. The molecule has 0 saturated carbocycles. The molecule has 0 heteroatoms. The van der Waals surface area contributed by atoms with Gasteiger partial charge in [-0.15, -0.1) is 0 Å². The SMILES string of the molecule is C=C/C(=C(\C=C)c1c2ccccc2c(-c2cccc(-c3c4ccccc4c(-c4ccccc4C4=CC=CC4)c4ccccc34)c2)c2ccccc12)c1ccccc1.CC. The first-order valence-electron chi connectivity index (χ1n) is 20.7. The third-order valence-corrected chi connectivity index (χ3v) is 11.7. The fourth-order valence-corrected chi connectivity index (χ4v) is 9.27. The average molecular weight is 755 g/mol. The van der Waals surface area contributed by atoms with Crippen molar-refractivity contribution in [1.29, 1.82) is 0 Å². The lowest BCUT2D eigenvalue weighted by Gasteiger charge is -2.21. The Balaban J connectivity index is 0.00000221. The van der Waals surface area contributed by atoms with Gasteiger partial charge in [0.1, 0.15) is 0 Å². The second kappa shape index (κ2) is 16.3. The van der Waals surface area contributed by atoms with Gasteiger partial charge in [0.15, 0.2) is 0 Å². The van der Waals surface area contributed by atoms with Gasteiger partial charge in [-0.1, -0.05) is 227 Å². The van der Waals surface area contributed by atoms with Crippen molar-refractivity contribution >= 4 is 59.8 Å². The molecular weight excluding hydrogens is 709 g/mol. The first-order chi connectivity index (χ1) is 29.2. The highest BCUT2D eigenvalue weighted by atomic mass is 14.2. The first kappa shape index (κ1) is 37.3. The highest BCUT2D eigenvalue weighted by molar-refractivity contribution is 6.24. The van der Waals surface area contributed by atoms with Crippen molar-refractivity contribution in [2.24, 2.45) is 0 Å². The van der Waals surface area contributed by atoms with Gasteiger partial charge in [-0.25, -0.2) is 0 Å². The number of allylic oxidation sites excluding steroid dienone is 8. The van der Waals surface area contributed by atoms with Crippen LogP contribution in [0.15, 0.2) is 219 Å². The van der Waals surface area contributed by atoms with E-state index in [1.807, 2.05) is 26.0 Å². The third-order valence-electron chi connectivity index (χ3n) is 11.7. The van der Waals surface area contributed by atoms with E-state index >= 15 is 0 Å². The van der Waals surface area contributed by atoms with Crippen LogP contribution in [-0.2, 0) is 0 Å². The van der Waals surface area contributed by atoms with Crippen LogP contribution in [-0.4, -0.2) is 0 Å². The summed E-state index contributed by atoms with van der Waals surface area (Å²) in [6.45, 7) is 12.6. The Labute approximate surface area is 348 Å². The molecule has 0 radical (unpaired) electrons. The van der Waals surface area contributed by atoms with Crippen molar-refractivity contribution in [3.8, 4) is 33.4 Å². The minimum Gasteiger partial charge on any atom is -0.0984 e. The summed E-state index contributed by atoms with van der Waals surface area (Å²) >= 11 is 0. The summed E-state index contributed by atoms with van der Waals surface area (Å²) in [7, 11) is 0. The van der Waals surface area contributed by atoms with Crippen LogP contribution in [0.3, 0.4) is 0 Å². The predicted octanol–water partition coefficient (Wildman–Crippen LogP) is 17.0. The molecule has 0 nitrogen and oxygen atoms in total. The highest BCUT2D eigenvalue weighted by Gasteiger charge is 2.22. The summed E-state index contributed by atoms with van der Waals surface area (Å²) in [4.78, 5) is 0. The zero-order chi connectivity index (χ0) is 40.3. The Kier molecular flexibility index (Phi) is 10.3. The molecule has 0 N–H and O–H groups in total. The molecule has 282 valence electrons. The van der Waals surface area contributed by atoms with Crippen LogP contribution in [0.5, 0.6) is 0 Å². The molecule has 10 rings (SSSR count). The van der Waals surface area contributed by atoms with E-state index in [9.17, 15) is 0 Å². The molecule has 0 heterocycles. The Morgan fingerprint density at radius 3 is 1.32 bits per heavy atom. The van der Waals surface area contributed by atoms with E-state index < -0.39 is 0 Å². The standard InChI is InChI=1S/C57H40.C2H6/c1-3-42(38-21-6-5-7-22-38)43(4-2)56-50-33-16-12-29-46(50)54(47-30-13-17-34-51(47)56)40-25-20-26-41(37-40)55-48-31-14-18-35-52(48)57(53-36-19-15-32-49(53)55)45-28-11-10-27-44(45)39-23-8-9-24-39;1-2/h3-23,25-37H,1-2,24H2;1-2H3/b43-42-;. The molecule has 0 aliphatic heterocycles. The summed E-state index contributed by atoms with van der Waals surface area (Å²) in [6.07, 6.45) is 11.6. The molecule has 0 fully saturated rings. The van der Waals surface area contributed by atoms with Gasteiger partial charge in [0.2, 0.25) is 0 Å². The van der Waals surface area contributed by atoms with E-state index in [0.29, 0.717) is 0 Å². The van der Waals surface area contributed by atoms with Crippen LogP contribution < -0.4 is 0 Å². The Morgan fingerprint density at radius 2 is 0.847 bits per heavy atom. The topological polar surface area (TPSA) is 0 Å². The van der Waals surface area contributed by atoms with E-state index in [0.717, 1.165) is 23.1 Å². The highest BCUT2D eigenvalue weighted by Crippen LogP contribution is 2.48. The normalized spacial score (nSPS) is 12.6. The van der Waals surface area contributed by atoms with Crippen molar-refractivity contribution < 1.29 is 0 Å². The molecule has 0 amide bonds. The lowest BCUT2D eigenvalue weighted by atomic mass is 9.82. The fraction of sp³-hybridized carbons (Fsp3) is 0.0508. The predicted molar refractivity (Wildman–Crippen MR) is 260 cm³/mol. The van der Waals surface area contributed by atoms with Crippen LogP contribution in [0.2, 0.25) is 0 Å². The van der Waals surface area contributed by atoms with Crippen molar-refractivity contribution in [1.82, 2.24) is 0 Å². The maximum Gasteiger partial charge on any atom is -0.00203 e. The minimum atomic E-state index is 0.954. The van der Waals surface area contributed by atoms with E-state index in [1.54, 1.807) is 0 Å². The van der Waals surface area contributed by atoms with Gasteiger partial charge < -0.3 is 0 Å². The molecule has 0 bridgehead atoms. The molecule has 0 aromatic heterocycles. The molecule has 59 heavy (non-hydrogen) atoms. The van der Waals surface area contributed by atoms with Crippen LogP contribution >= 0.6 is 0 Å². The van der Waals surface area contributed by atoms with E-state index in [-0.39, 0.29) is 0 Å². The molecule has 1 aliphatic carbocycles. The number of hydrogen-bond acceptors (Lipinski definition) is 0. The van der Waals surface area contributed by atoms with Gasteiger partial charge in [0.25, 0.3) is 0 Å². The lowest BCUT2D eigenvalue weighted by Crippen LogP contribution is -1.96. The molecule has 9 aromatic carbocycles. The third kappa shape index (κ3) is 6.44. The van der Waals surface area contributed by atoms with Crippen LogP contribution in [0, 0.1) is 0 Å². The largest absolute Gasteiger partial charge is 0.0984 e. The van der Waals surface area contributed by atoms with Crippen LogP contribution in [0.1, 0.15) is 37.0 Å². The molecular formula is C59H46. The van der Waals surface area contributed by atoms with Crippen molar-refractivity contribution in [3.05, 3.63) is 236 Å². The van der Waals surface area contributed by atoms with Gasteiger partial charge in [-0.3, -0.25) is 0 Å². The number of rotatable bonds is 8. The van der Waals surface area contributed by atoms with Gasteiger partial charge in [0, 0.05) is 0 Å². The quantitative estimate of drug-likeness (QED) is 0.0823. The second-order valence-electron chi connectivity index (χ2n) is 14.7. The first-order valence-corrected chi connectivity index (χ1v) is 20.7. The molecule has 9 aromatic rings. The Hall–Kier alpha value is -7.28. The number of benzene rings is 9. The molecule has 1 aliphatic rings. The fourth-order valence-electron chi connectivity index (χ4n) is 9.27. The molecule has 0 spiro atoms. The van der Waals surface area contributed by atoms with E-state index in [4.69, 9.17) is 0 Å². The smallest absolute Gasteiger partial charge is 0.00203 e. The molecule has 0 unspecified atom stereocenters. The van der Waals surface area contributed by atoms with Crippen LogP contribution in [0.4, 0.5) is 0 Å². The Morgan fingerprint density at radius 1 is 0.424 bits per heavy atom. The van der Waals surface area contributed by atoms with Crippen molar-refractivity contribution in [2.75, 3.05) is 0 Å². The monoisotopic (exact) mass is 754 g/mol. The minimum absolute atomic E-state index is 0.954. The van der Waals surface area contributed by atoms with E-state index in [1.165, 1.54) is 93.2 Å². The van der Waals surface area contributed by atoms with Gasteiger partial charge >= 0.3 is 0 Å². The summed E-state index contributed by atoms with van der Waals surface area (Å²) in [6, 6.07) is 64.3. The Bertz CT molecular complexity index is 3050. The summed E-state index contributed by atoms with van der Waals surface area (Å²) < 4.78 is 0. The second-order valence-corrected chi connectivity index (χ2v) is 14.7. The lowest BCUT2D eigenvalue weighted by molar-refractivity contribution is 1.43. The summed E-state index contributed by atoms with van der Waals surface area (Å²) in [5, 5.41) is 9.81. The van der Waals surface area contributed by atoms with Crippen LogP contribution in [0.25, 0.3) is 93.2 Å². The summed E-state index contributed by atoms with van der Waals surface area (Å²) in [5.41, 5.74) is 14.5. The van der Waals surface area contributed by atoms with Gasteiger partial charge in [0.05, 0.1) is 0 Å². The maximum atomic E-state index is 4.36. The molecule has 0 atom stereocenters. The summed E-state index contributed by atoms with van der Waals surface area (Å²) in [5.74, 6) is 0. The van der Waals surface area contributed by atoms with Gasteiger partial charge in [-0.05, 0) is 122 Å². The van der Waals surface area contributed by atoms with E-state index in [2.05, 4.69) is 207 Å². The van der Waals surface area contributed by atoms with Gasteiger partial charge in [-0.2, -0.15) is 0 Å². The van der Waals surface area contributed by atoms with Crippen molar-refractivity contribution in [3.63, 3.8) is 0 Å².